The van der Waals surface area contributed by atoms with Crippen molar-refractivity contribution in [1.82, 2.24) is 19.9 Å². The number of benzene rings is 4. The molecule has 298 valence electrons. The zero-order chi connectivity index (χ0) is 42.3. The molecule has 9 rings (SSSR count). The monoisotopic (exact) mass is 872 g/mol. The molecule has 0 aliphatic carbocycles. The van der Waals surface area contributed by atoms with E-state index in [0.29, 0.717) is 0 Å². The van der Waals surface area contributed by atoms with Crippen molar-refractivity contribution < 1.29 is 35.8 Å². The second-order valence-corrected chi connectivity index (χ2v) is 16.5. The Balaban J connectivity index is 0.000000423. The number of hydrogen-bond acceptors (Lipinski definition) is 4. The van der Waals surface area contributed by atoms with E-state index in [1.165, 1.54) is 0 Å². The Hall–Kier alpha value is -6.30. The zero-order valence-electron chi connectivity index (χ0n) is 35.3. The summed E-state index contributed by atoms with van der Waals surface area (Å²) in [6, 6.07) is 50.0. The number of fused-ring (bicyclic) bond motifs is 8. The average Bonchev–Trinajstić information content (AvgIpc) is 4.11. The van der Waals surface area contributed by atoms with Gasteiger partial charge in [-0.3, -0.25) is 12.6 Å². The van der Waals surface area contributed by atoms with Crippen molar-refractivity contribution in [1.29, 1.82) is 0 Å². The summed E-state index contributed by atoms with van der Waals surface area (Å²) < 4.78 is 0. The van der Waals surface area contributed by atoms with Crippen LogP contribution in [0.5, 0.6) is 0 Å². The van der Waals surface area contributed by atoms with E-state index in [4.69, 9.17) is 19.9 Å². The van der Waals surface area contributed by atoms with E-state index in [9.17, 15) is 9.59 Å². The van der Waals surface area contributed by atoms with Gasteiger partial charge in [-0.15, -0.1) is 32.9 Å². The summed E-state index contributed by atoms with van der Waals surface area (Å²) in [4.78, 5) is 40.6. The van der Waals surface area contributed by atoms with E-state index in [2.05, 4.69) is 146 Å². The summed E-state index contributed by atoms with van der Waals surface area (Å²) in [6.45, 7) is 10.9. The van der Waals surface area contributed by atoms with Gasteiger partial charge in [0.05, 0.1) is 22.8 Å². The summed E-state index contributed by atoms with van der Waals surface area (Å²) in [5, 5.41) is 0. The zero-order valence-corrected chi connectivity index (χ0v) is 37.7. The van der Waals surface area contributed by atoms with E-state index in [-0.39, 0.29) is 37.0 Å². The first-order valence-corrected chi connectivity index (χ1v) is 20.0. The van der Waals surface area contributed by atoms with Gasteiger partial charge in [0.1, 0.15) is 0 Å². The molecule has 0 unspecified atom stereocenters. The van der Waals surface area contributed by atoms with Crippen molar-refractivity contribution in [3.63, 3.8) is 0 Å². The van der Waals surface area contributed by atoms with Crippen LogP contribution in [-0.2, 0) is 35.8 Å². The topological polar surface area (TPSA) is 88.1 Å². The Morgan fingerprint density at radius 3 is 0.738 bits per heavy atom. The molecular weight excluding hydrogens is 828 g/mol. The van der Waals surface area contributed by atoms with Gasteiger partial charge in [0.15, 0.2) is 0 Å². The maximum Gasteiger partial charge on any atom is 4.00 e. The van der Waals surface area contributed by atoms with Crippen molar-refractivity contribution in [3.8, 4) is 44.5 Å². The molecule has 0 saturated carbocycles. The van der Waals surface area contributed by atoms with Crippen LogP contribution in [0.2, 0.25) is 0 Å². The van der Waals surface area contributed by atoms with Gasteiger partial charge in [-0.25, -0.2) is 9.97 Å². The largest absolute Gasteiger partial charge is 4.00 e. The summed E-state index contributed by atoms with van der Waals surface area (Å²) in [7, 11) is 0. The molecule has 2 aliphatic rings. The van der Waals surface area contributed by atoms with Gasteiger partial charge in [0.25, 0.3) is 0 Å². The van der Waals surface area contributed by atoms with Crippen molar-refractivity contribution >= 4 is 58.9 Å². The third-order valence-corrected chi connectivity index (χ3v) is 9.47. The molecule has 0 amide bonds. The predicted octanol–water partition coefficient (Wildman–Crippen LogP) is 12.9. The molecule has 0 fully saturated rings. The van der Waals surface area contributed by atoms with Gasteiger partial charge in [0.2, 0.25) is 0 Å². The molecule has 6 nitrogen and oxygen atoms in total. The number of aromatic nitrogens is 4. The van der Waals surface area contributed by atoms with Gasteiger partial charge < -0.3 is 19.6 Å². The van der Waals surface area contributed by atoms with Gasteiger partial charge in [0, 0.05) is 0 Å². The van der Waals surface area contributed by atoms with Crippen LogP contribution in [0.3, 0.4) is 0 Å². The van der Waals surface area contributed by atoms with Gasteiger partial charge in [-0.05, 0) is 68.8 Å². The Morgan fingerprint density at radius 2 is 0.557 bits per heavy atom. The normalized spacial score (nSPS) is 11.6. The summed E-state index contributed by atoms with van der Waals surface area (Å²) in [5.74, 6) is 0. The van der Waals surface area contributed by atoms with Gasteiger partial charge in [-0.2, -0.15) is 0 Å². The first-order valence-electron chi connectivity index (χ1n) is 20.0. The van der Waals surface area contributed by atoms with Crippen molar-refractivity contribution in [3.05, 3.63) is 168 Å². The van der Waals surface area contributed by atoms with Crippen LogP contribution < -0.4 is 9.97 Å². The average molecular weight is 874 g/mol. The maximum atomic E-state index is 9.70. The van der Waals surface area contributed by atoms with Crippen LogP contribution in [0.25, 0.3) is 90.9 Å². The van der Waals surface area contributed by atoms with Crippen molar-refractivity contribution in [2.45, 2.75) is 41.5 Å². The predicted molar refractivity (Wildman–Crippen MR) is 249 cm³/mol. The number of nitrogens with zero attached hydrogens (tertiary/aromatic N) is 4. The van der Waals surface area contributed by atoms with E-state index in [1.807, 2.05) is 78.4 Å². The van der Waals surface area contributed by atoms with E-state index in [0.717, 1.165) is 89.4 Å². The molecule has 8 bridgehead atoms. The fourth-order valence-corrected chi connectivity index (χ4v) is 6.69. The second-order valence-electron chi connectivity index (χ2n) is 16.5. The van der Waals surface area contributed by atoms with Gasteiger partial charge in [-0.1, -0.05) is 187 Å². The first kappa shape index (κ1) is 44.3. The van der Waals surface area contributed by atoms with Crippen LogP contribution in [0.15, 0.2) is 146 Å². The minimum Gasteiger partial charge on any atom is -0.657 e. The molecule has 0 spiro atoms. The molecule has 0 radical (unpaired) electrons. The summed E-state index contributed by atoms with van der Waals surface area (Å²) in [5.41, 5.74) is 14.5. The van der Waals surface area contributed by atoms with Crippen molar-refractivity contribution in [2.75, 3.05) is 0 Å². The van der Waals surface area contributed by atoms with Gasteiger partial charge >= 0.3 is 26.2 Å². The number of hydrogen-bond donors (Lipinski definition) is 0. The molecule has 7 heteroatoms. The molecule has 0 N–H and O–H groups in total. The van der Waals surface area contributed by atoms with Crippen molar-refractivity contribution in [2.24, 2.45) is 10.8 Å². The smallest absolute Gasteiger partial charge is 0.657 e. The minimum absolute atomic E-state index is 0. The standard InChI is InChI=1S/C44H28N4.2C5H9O.Zr/c1-5-13-29(14-6-1)41-33-21-23-35(45-33)42(30-15-7-2-8-16-30)37-25-27-39(47-37)44(32-19-11-4-12-20-32)40-28-26-38(48-40)43(31-17-9-3-10-18-31)36-24-22-34(41)46-36;2*1-5(2,3)4-6;/h1-28H;2*1-3H3;/q-2;2*-1;+4. The summed E-state index contributed by atoms with van der Waals surface area (Å²) >= 11 is 0. The van der Waals surface area contributed by atoms with Crippen LogP contribution in [0.1, 0.15) is 64.3 Å². The second kappa shape index (κ2) is 19.4. The van der Waals surface area contributed by atoms with Crippen LogP contribution in [0.4, 0.5) is 0 Å². The number of rotatable bonds is 4. The third kappa shape index (κ3) is 10.7. The molecule has 5 heterocycles. The van der Waals surface area contributed by atoms with Crippen LogP contribution in [0, 0.1) is 10.8 Å². The molecule has 7 aromatic rings. The maximum absolute atomic E-state index is 9.70. The molecular formula is C54H46N4O2Zr. The molecule has 0 atom stereocenters. The Labute approximate surface area is 377 Å². The van der Waals surface area contributed by atoms with E-state index in [1.54, 1.807) is 0 Å². The van der Waals surface area contributed by atoms with E-state index < -0.39 is 0 Å². The van der Waals surface area contributed by atoms with Crippen LogP contribution >= 0.6 is 0 Å². The van der Waals surface area contributed by atoms with Crippen LogP contribution in [-0.4, -0.2) is 22.5 Å². The minimum atomic E-state index is -0.264. The Kier molecular flexibility index (Phi) is 14.1. The third-order valence-electron chi connectivity index (χ3n) is 9.47. The molecule has 61 heavy (non-hydrogen) atoms. The first-order chi connectivity index (χ1) is 28.9. The quantitative estimate of drug-likeness (QED) is 0.164. The molecule has 3 aromatic heterocycles. The Morgan fingerprint density at radius 1 is 0.361 bits per heavy atom. The number of carbonyl (C=O) groups excluding carboxylic acids is 2. The molecule has 0 saturated heterocycles. The summed E-state index contributed by atoms with van der Waals surface area (Å²) in [6.07, 6.45) is 12.1. The fraction of sp³-hybridized carbons (Fsp3) is 0.148. The SMILES string of the molecule is C1=Cc2nc1c(-c1ccccc1)c1ccc([n-]1)c(-c1ccccc1)c1nc(c(-c3ccccc3)c3ccc([n-]3)c2-c2ccccc2)C=C1.CC(C)(C)[C-]=O.CC(C)(C)[C-]=O.[Zr+4]. The molecule has 4 aromatic carbocycles. The van der Waals surface area contributed by atoms with E-state index >= 15 is 0 Å². The Bertz CT molecular complexity index is 2480. The fourth-order valence-electron chi connectivity index (χ4n) is 6.69. The molecule has 2 aliphatic heterocycles.